The average molecular weight is 1410 g/mol. The summed E-state index contributed by atoms with van der Waals surface area (Å²) in [5.74, 6) is 1.46. The smallest absolute Gasteiger partial charge is 0.255 e. The van der Waals surface area contributed by atoms with Gasteiger partial charge in [-0.1, -0.05) is 144 Å². The summed E-state index contributed by atoms with van der Waals surface area (Å²) in [6.07, 6.45) is 13.2. The van der Waals surface area contributed by atoms with E-state index in [2.05, 4.69) is 126 Å². The highest BCUT2D eigenvalue weighted by atomic mass is 35.5. The van der Waals surface area contributed by atoms with E-state index in [1.807, 2.05) is 94.6 Å². The van der Waals surface area contributed by atoms with Crippen LogP contribution in [0.3, 0.4) is 0 Å². The third-order valence-electron chi connectivity index (χ3n) is 18.9. The van der Waals surface area contributed by atoms with Gasteiger partial charge in [-0.3, -0.25) is 39.1 Å². The Morgan fingerprint density at radius 2 is 0.780 bits per heavy atom. The van der Waals surface area contributed by atoms with Gasteiger partial charge < -0.3 is 19.7 Å². The number of H-pyrrole nitrogens is 1. The second-order valence-electron chi connectivity index (χ2n) is 30.1. The Morgan fingerprint density at radius 3 is 1.16 bits per heavy atom. The lowest BCUT2D eigenvalue weighted by Gasteiger charge is -2.30. The molecular weight excluding hydrogens is 1310 g/mol. The highest BCUT2D eigenvalue weighted by molar-refractivity contribution is 6.34. The summed E-state index contributed by atoms with van der Waals surface area (Å²) >= 11 is 19.9. The Morgan fingerprint density at radius 1 is 0.430 bits per heavy atom. The van der Waals surface area contributed by atoms with Gasteiger partial charge >= 0.3 is 0 Å². The van der Waals surface area contributed by atoms with Crippen LogP contribution in [-0.4, -0.2) is 102 Å². The number of halogens is 4. The van der Waals surface area contributed by atoms with Crippen LogP contribution in [0.2, 0.25) is 15.1 Å². The van der Waals surface area contributed by atoms with Gasteiger partial charge in [0.1, 0.15) is 0 Å². The molecular formula is C83H95Cl3FN9O4. The maximum absolute atomic E-state index is 14.5. The largest absolute Gasteiger partial charge is 0.339 e. The van der Waals surface area contributed by atoms with Gasteiger partial charge in [0.25, 0.3) is 23.3 Å². The molecule has 3 aliphatic heterocycles. The van der Waals surface area contributed by atoms with Gasteiger partial charge in [0, 0.05) is 159 Å². The molecule has 3 fully saturated rings. The van der Waals surface area contributed by atoms with Crippen molar-refractivity contribution >= 4 is 52.5 Å². The standard InChI is InChI=1S/C28H32ClN3O.C27H29ClFN3O.C27H30ClN3O2.CH4/c1-18-9-12-32(13-10-18)27(33)21-6-7-23(24(29)15-21)25-16-22(14-19(2)31-25)20-8-11-30-26(17-20)28(3,4)5;1-17-8-11-32(12-9-17)26(33)19-5-6-21(22(28)13-19)23-14-20(16-25(29)31-23)18-7-10-30-24(15-18)27(2,3)4;1-17-8-11-31(12-9-17)26(33)19-5-6-21(23(28)14-19)20-13-22(25(32)30-16-20)18-7-10-29-24(15-18)27(2,3)4;/h6-8,11,14-18H,9-10,12-13H2,1-5H3;5-7,10,13-17H,8-9,11-12H2,1-4H3;5-7,10,13-17H,8-9,11-12H2,1-4H3,(H,30,32);1H4. The molecule has 0 spiro atoms. The zero-order valence-electron chi connectivity index (χ0n) is 59.3. The fourth-order valence-corrected chi connectivity index (χ4v) is 13.3. The van der Waals surface area contributed by atoms with E-state index in [4.69, 9.17) is 39.8 Å². The summed E-state index contributed by atoms with van der Waals surface area (Å²) in [4.78, 5) is 82.2. The van der Waals surface area contributed by atoms with Crippen molar-refractivity contribution in [2.45, 2.75) is 152 Å². The van der Waals surface area contributed by atoms with Gasteiger partial charge in [0.05, 0.1) is 21.4 Å². The number of hydrogen-bond donors (Lipinski definition) is 1. The molecule has 0 atom stereocenters. The van der Waals surface area contributed by atoms with Crippen LogP contribution in [0.1, 0.15) is 183 Å². The zero-order chi connectivity index (χ0) is 71.3. The molecule has 0 unspecified atom stereocenters. The lowest BCUT2D eigenvalue weighted by Crippen LogP contribution is -2.37. The third kappa shape index (κ3) is 18.8. The van der Waals surface area contributed by atoms with Crippen LogP contribution < -0.4 is 5.56 Å². The molecule has 12 rings (SSSR count). The van der Waals surface area contributed by atoms with Crippen molar-refractivity contribution in [3.63, 3.8) is 0 Å². The Hall–Kier alpha value is -8.43. The number of aromatic nitrogens is 6. The predicted molar refractivity (Wildman–Crippen MR) is 407 cm³/mol. The summed E-state index contributed by atoms with van der Waals surface area (Å²) in [6, 6.07) is 37.1. The van der Waals surface area contributed by atoms with Crippen molar-refractivity contribution < 1.29 is 18.8 Å². The van der Waals surface area contributed by atoms with Crippen LogP contribution in [0.25, 0.3) is 67.0 Å². The first kappa shape index (κ1) is 75.8. The molecule has 9 heterocycles. The van der Waals surface area contributed by atoms with E-state index in [1.54, 1.807) is 48.9 Å². The number of hydrogen-bond acceptors (Lipinski definition) is 9. The van der Waals surface area contributed by atoms with Crippen molar-refractivity contribution in [2.24, 2.45) is 17.8 Å². The number of carbonyl (C=O) groups excluding carboxylic acids is 3. The van der Waals surface area contributed by atoms with Crippen LogP contribution in [0.15, 0.2) is 151 Å². The molecule has 100 heavy (non-hydrogen) atoms. The molecule has 0 aliphatic carbocycles. The minimum absolute atomic E-state index is 0. The number of pyridine rings is 6. The molecule has 13 nitrogen and oxygen atoms in total. The van der Waals surface area contributed by atoms with Gasteiger partial charge in [0.2, 0.25) is 5.95 Å². The van der Waals surface area contributed by atoms with Gasteiger partial charge in [-0.2, -0.15) is 4.39 Å². The molecule has 524 valence electrons. The van der Waals surface area contributed by atoms with E-state index >= 15 is 0 Å². The predicted octanol–water partition coefficient (Wildman–Crippen LogP) is 20.3. The topological polar surface area (TPSA) is 158 Å². The van der Waals surface area contributed by atoms with Crippen molar-refractivity contribution in [3.8, 4) is 67.0 Å². The number of rotatable bonds is 9. The first-order valence-electron chi connectivity index (χ1n) is 34.4. The van der Waals surface area contributed by atoms with Crippen LogP contribution in [0, 0.1) is 30.6 Å². The number of nitrogens with one attached hydrogen (secondary N) is 1. The normalized spacial score (nSPS) is 14.9. The van der Waals surface area contributed by atoms with Crippen LogP contribution in [0.5, 0.6) is 0 Å². The van der Waals surface area contributed by atoms with E-state index < -0.39 is 5.95 Å². The quantitative estimate of drug-likeness (QED) is 0.139. The summed E-state index contributed by atoms with van der Waals surface area (Å²) in [5, 5.41) is 1.40. The number of benzene rings is 3. The molecule has 3 saturated heterocycles. The molecule has 6 aromatic heterocycles. The monoisotopic (exact) mass is 1410 g/mol. The highest BCUT2D eigenvalue weighted by Crippen LogP contribution is 2.37. The summed E-state index contributed by atoms with van der Waals surface area (Å²) < 4.78 is 14.5. The van der Waals surface area contributed by atoms with E-state index in [0.717, 1.165) is 145 Å². The van der Waals surface area contributed by atoms with Gasteiger partial charge in [0.15, 0.2) is 0 Å². The summed E-state index contributed by atoms with van der Waals surface area (Å²) in [5.41, 5.74) is 14.4. The molecule has 3 amide bonds. The number of aryl methyl sites for hydroxylation is 1. The first-order chi connectivity index (χ1) is 46.9. The van der Waals surface area contributed by atoms with Gasteiger partial charge in [-0.25, -0.2) is 4.98 Å². The Kier molecular flexibility index (Phi) is 24.3. The van der Waals surface area contributed by atoms with Crippen LogP contribution in [0.4, 0.5) is 4.39 Å². The second-order valence-corrected chi connectivity index (χ2v) is 31.3. The first-order valence-corrected chi connectivity index (χ1v) is 35.6. The molecule has 0 bridgehead atoms. The molecule has 1 N–H and O–H groups in total. The third-order valence-corrected chi connectivity index (χ3v) is 19.9. The van der Waals surface area contributed by atoms with Crippen molar-refractivity contribution in [1.82, 2.24) is 44.6 Å². The Bertz CT molecular complexity index is 4300. The maximum atomic E-state index is 14.5. The maximum Gasteiger partial charge on any atom is 0.255 e. The second kappa shape index (κ2) is 32.1. The van der Waals surface area contributed by atoms with Crippen LogP contribution in [-0.2, 0) is 16.2 Å². The minimum atomic E-state index is -0.588. The lowest BCUT2D eigenvalue weighted by atomic mass is 9.90. The number of piperidine rings is 3. The van der Waals surface area contributed by atoms with Gasteiger partial charge in [-0.15, -0.1) is 0 Å². The molecule has 0 saturated carbocycles. The number of amides is 3. The molecule has 3 aliphatic rings. The SMILES string of the molecule is C.CC1CCN(C(=O)c2ccc(-c3c[nH]c(=O)c(-c4ccnc(C(C)(C)C)c4)c3)c(Cl)c2)CC1.CC1CCN(C(=O)c2ccc(-c3cc(-c4ccnc(C(C)(C)C)c4)cc(F)n3)c(Cl)c2)CC1.Cc1cc(-c2ccnc(C(C)(C)C)c2)cc(-c2ccc(C(=O)N3CCC(C)CC3)cc2Cl)n1. The molecule has 0 radical (unpaired) electrons. The average Bonchev–Trinajstić information content (AvgIpc) is 0.803. The highest BCUT2D eigenvalue weighted by Gasteiger charge is 2.27. The number of carbonyl (C=O) groups is 3. The Labute approximate surface area is 605 Å². The van der Waals surface area contributed by atoms with Crippen molar-refractivity contribution in [1.29, 1.82) is 0 Å². The van der Waals surface area contributed by atoms with E-state index in [-0.39, 0.29) is 47.0 Å². The summed E-state index contributed by atoms with van der Waals surface area (Å²) in [6.45, 7) is 32.4. The number of nitrogens with zero attached hydrogens (tertiary/aromatic N) is 8. The Balaban J connectivity index is 0.000000174. The molecule has 17 heteroatoms. The zero-order valence-corrected chi connectivity index (χ0v) is 61.6. The fourth-order valence-electron chi connectivity index (χ4n) is 12.5. The lowest BCUT2D eigenvalue weighted by molar-refractivity contribution is 0.0689. The van der Waals surface area contributed by atoms with Crippen molar-refractivity contribution in [3.05, 3.63) is 217 Å². The fraction of sp³-hybridized carbons (Fsp3) is 0.386. The number of likely N-dealkylation sites (tertiary alicyclic amines) is 3. The molecule has 9 aromatic rings. The molecule has 3 aromatic carbocycles. The van der Waals surface area contributed by atoms with E-state index in [1.165, 1.54) is 6.07 Å². The number of aromatic amines is 1. The van der Waals surface area contributed by atoms with Crippen LogP contribution >= 0.6 is 34.8 Å². The minimum Gasteiger partial charge on any atom is -0.339 e. The summed E-state index contributed by atoms with van der Waals surface area (Å²) in [7, 11) is 0. The van der Waals surface area contributed by atoms with Crippen molar-refractivity contribution in [2.75, 3.05) is 39.3 Å². The van der Waals surface area contributed by atoms with Gasteiger partial charge in [-0.05, 0) is 188 Å². The van der Waals surface area contributed by atoms with E-state index in [9.17, 15) is 23.6 Å². The van der Waals surface area contributed by atoms with E-state index in [0.29, 0.717) is 71.9 Å².